The lowest BCUT2D eigenvalue weighted by Crippen LogP contribution is -2.18. The minimum Gasteiger partial charge on any atom is -0.359 e. The zero-order chi connectivity index (χ0) is 12.2. The molecule has 1 aromatic rings. The van der Waals surface area contributed by atoms with Gasteiger partial charge in [0.05, 0.1) is 0 Å². The summed E-state index contributed by atoms with van der Waals surface area (Å²) < 4.78 is 0. The molecule has 1 N–H and O–H groups in total. The Labute approximate surface area is 97.4 Å². The van der Waals surface area contributed by atoms with Crippen LogP contribution in [0.15, 0.2) is 42.1 Å². The van der Waals surface area contributed by atoms with E-state index in [0.29, 0.717) is 0 Å². The molecule has 0 unspecified atom stereocenters. The van der Waals surface area contributed by atoms with Crippen LogP contribution in [0.4, 0.5) is 5.69 Å². The first-order valence-corrected chi connectivity index (χ1v) is 5.44. The lowest BCUT2D eigenvalue weighted by molar-refractivity contribution is -0.121. The summed E-state index contributed by atoms with van der Waals surface area (Å²) in [4.78, 5) is 11.7. The van der Waals surface area contributed by atoms with E-state index >= 15 is 0 Å². The number of ketones is 1. The van der Waals surface area contributed by atoms with Gasteiger partial charge in [0.2, 0.25) is 0 Å². The van der Waals surface area contributed by atoms with Gasteiger partial charge < -0.3 is 5.32 Å². The molecule has 2 nitrogen and oxygen atoms in total. The second-order valence-corrected chi connectivity index (χ2v) is 4.93. The van der Waals surface area contributed by atoms with Crippen LogP contribution in [-0.2, 0) is 4.79 Å². The monoisotopic (exact) mass is 217 g/mol. The summed E-state index contributed by atoms with van der Waals surface area (Å²) in [6.45, 7) is 7.65. The molecule has 0 spiro atoms. The molecule has 0 amide bonds. The Bertz CT molecular complexity index is 385. The van der Waals surface area contributed by atoms with Crippen LogP contribution in [0.5, 0.6) is 0 Å². The van der Waals surface area contributed by atoms with E-state index in [-0.39, 0.29) is 11.2 Å². The number of rotatable bonds is 3. The van der Waals surface area contributed by atoms with Gasteiger partial charge in [-0.25, -0.2) is 0 Å². The van der Waals surface area contributed by atoms with Gasteiger partial charge in [-0.15, -0.1) is 0 Å². The van der Waals surface area contributed by atoms with E-state index in [1.807, 2.05) is 58.0 Å². The summed E-state index contributed by atoms with van der Waals surface area (Å²) >= 11 is 0. The molecule has 0 saturated heterocycles. The highest BCUT2D eigenvalue weighted by atomic mass is 16.1. The van der Waals surface area contributed by atoms with Crippen molar-refractivity contribution in [2.75, 3.05) is 5.32 Å². The number of nitrogens with one attached hydrogen (secondary N) is 1. The maximum absolute atomic E-state index is 11.7. The molecular weight excluding hydrogens is 198 g/mol. The van der Waals surface area contributed by atoms with E-state index in [1.165, 1.54) is 0 Å². The molecule has 0 aromatic heterocycles. The Hall–Kier alpha value is -1.57. The second-order valence-electron chi connectivity index (χ2n) is 4.93. The maximum Gasteiger partial charge on any atom is 0.162 e. The third-order valence-corrected chi connectivity index (χ3v) is 2.20. The maximum atomic E-state index is 11.7. The number of benzene rings is 1. The summed E-state index contributed by atoms with van der Waals surface area (Å²) in [5.41, 5.74) is 1.55. The number of carbonyl (C=O) groups excluding carboxylic acids is 1. The number of anilines is 1. The zero-order valence-corrected chi connectivity index (χ0v) is 10.4. The molecule has 0 fully saturated rings. The van der Waals surface area contributed by atoms with Crippen molar-refractivity contribution >= 4 is 11.5 Å². The first kappa shape index (κ1) is 12.5. The first-order valence-electron chi connectivity index (χ1n) is 5.44. The molecule has 86 valence electrons. The van der Waals surface area contributed by atoms with Crippen LogP contribution in [0.25, 0.3) is 0 Å². The van der Waals surface area contributed by atoms with Gasteiger partial charge >= 0.3 is 0 Å². The fourth-order valence-corrected chi connectivity index (χ4v) is 1.20. The van der Waals surface area contributed by atoms with Crippen LogP contribution < -0.4 is 5.32 Å². The van der Waals surface area contributed by atoms with Crippen molar-refractivity contribution in [3.05, 3.63) is 42.1 Å². The van der Waals surface area contributed by atoms with E-state index < -0.39 is 0 Å². The van der Waals surface area contributed by atoms with E-state index in [4.69, 9.17) is 0 Å². The molecule has 0 aliphatic rings. The largest absolute Gasteiger partial charge is 0.359 e. The van der Waals surface area contributed by atoms with E-state index in [0.717, 1.165) is 11.4 Å². The molecule has 2 heteroatoms. The third kappa shape index (κ3) is 3.89. The highest BCUT2D eigenvalue weighted by Gasteiger charge is 2.18. The fourth-order valence-electron chi connectivity index (χ4n) is 1.20. The molecule has 1 rings (SSSR count). The second kappa shape index (κ2) is 4.97. The standard InChI is InChI=1S/C14H19NO/c1-11(10-13(16)14(2,3)4)15-12-8-6-5-7-9-12/h5-10,15H,1-4H3/b11-10-. The Morgan fingerprint density at radius 2 is 1.75 bits per heavy atom. The average Bonchev–Trinajstić information content (AvgIpc) is 2.17. The molecular formula is C14H19NO. The quantitative estimate of drug-likeness (QED) is 0.783. The summed E-state index contributed by atoms with van der Waals surface area (Å²) in [5.74, 6) is 0.133. The smallest absolute Gasteiger partial charge is 0.162 e. The number of carbonyl (C=O) groups is 1. The van der Waals surface area contributed by atoms with Crippen molar-refractivity contribution in [2.24, 2.45) is 5.41 Å². The third-order valence-electron chi connectivity index (χ3n) is 2.20. The van der Waals surface area contributed by atoms with Crippen LogP contribution in [0.2, 0.25) is 0 Å². The molecule has 0 heterocycles. The number of hydrogen-bond acceptors (Lipinski definition) is 2. The summed E-state index contributed by atoms with van der Waals surface area (Å²) in [7, 11) is 0. The zero-order valence-electron chi connectivity index (χ0n) is 10.4. The van der Waals surface area contributed by atoms with Crippen LogP contribution >= 0.6 is 0 Å². The molecule has 0 aliphatic carbocycles. The predicted octanol–water partition coefficient (Wildman–Crippen LogP) is 3.62. The van der Waals surface area contributed by atoms with Gasteiger partial charge in [-0.1, -0.05) is 39.0 Å². The van der Waals surface area contributed by atoms with Crippen molar-refractivity contribution in [1.82, 2.24) is 0 Å². The molecule has 0 bridgehead atoms. The van der Waals surface area contributed by atoms with Gasteiger partial charge in [0.1, 0.15) is 0 Å². The molecule has 0 atom stereocenters. The lowest BCUT2D eigenvalue weighted by Gasteiger charge is -2.14. The van der Waals surface area contributed by atoms with Crippen molar-refractivity contribution in [3.8, 4) is 0 Å². The van der Waals surface area contributed by atoms with Crippen LogP contribution in [-0.4, -0.2) is 5.78 Å². The highest BCUT2D eigenvalue weighted by Crippen LogP contribution is 2.17. The topological polar surface area (TPSA) is 29.1 Å². The Kier molecular flexibility index (Phi) is 3.88. The lowest BCUT2D eigenvalue weighted by atomic mass is 9.90. The molecule has 0 radical (unpaired) electrons. The van der Waals surface area contributed by atoms with Crippen LogP contribution in [0.3, 0.4) is 0 Å². The Morgan fingerprint density at radius 3 is 2.25 bits per heavy atom. The number of para-hydroxylation sites is 1. The Balaban J connectivity index is 2.70. The highest BCUT2D eigenvalue weighted by molar-refractivity contribution is 5.94. The molecule has 16 heavy (non-hydrogen) atoms. The van der Waals surface area contributed by atoms with Gasteiger partial charge in [0, 0.05) is 22.9 Å². The predicted molar refractivity (Wildman–Crippen MR) is 68.3 cm³/mol. The first-order chi connectivity index (χ1) is 7.39. The number of hydrogen-bond donors (Lipinski definition) is 1. The van der Waals surface area contributed by atoms with Crippen LogP contribution in [0, 0.1) is 5.41 Å². The van der Waals surface area contributed by atoms with E-state index in [1.54, 1.807) is 6.08 Å². The average molecular weight is 217 g/mol. The number of allylic oxidation sites excluding steroid dienone is 2. The summed E-state index contributed by atoms with van der Waals surface area (Å²) in [5, 5.41) is 3.19. The molecule has 0 saturated carbocycles. The van der Waals surface area contributed by atoms with Gasteiger partial charge in [-0.05, 0) is 19.1 Å². The summed E-state index contributed by atoms with van der Waals surface area (Å²) in [6, 6.07) is 9.82. The summed E-state index contributed by atoms with van der Waals surface area (Å²) in [6.07, 6.45) is 1.66. The Morgan fingerprint density at radius 1 is 1.19 bits per heavy atom. The van der Waals surface area contributed by atoms with Crippen molar-refractivity contribution < 1.29 is 4.79 Å². The van der Waals surface area contributed by atoms with Gasteiger partial charge in [0.25, 0.3) is 0 Å². The van der Waals surface area contributed by atoms with E-state index in [9.17, 15) is 4.79 Å². The van der Waals surface area contributed by atoms with Gasteiger partial charge in [0.15, 0.2) is 5.78 Å². The van der Waals surface area contributed by atoms with Crippen molar-refractivity contribution in [3.63, 3.8) is 0 Å². The normalized spacial score (nSPS) is 12.4. The van der Waals surface area contributed by atoms with Gasteiger partial charge in [-0.2, -0.15) is 0 Å². The van der Waals surface area contributed by atoms with E-state index in [2.05, 4.69) is 5.32 Å². The van der Waals surface area contributed by atoms with Gasteiger partial charge in [-0.3, -0.25) is 4.79 Å². The molecule has 0 aliphatic heterocycles. The SMILES string of the molecule is C/C(=C/C(=O)C(C)(C)C)Nc1ccccc1. The molecule has 1 aromatic carbocycles. The van der Waals surface area contributed by atoms with Crippen molar-refractivity contribution in [2.45, 2.75) is 27.7 Å². The minimum absolute atomic E-state index is 0.133. The minimum atomic E-state index is -0.320. The van der Waals surface area contributed by atoms with Crippen molar-refractivity contribution in [1.29, 1.82) is 0 Å². The fraction of sp³-hybridized carbons (Fsp3) is 0.357. The van der Waals surface area contributed by atoms with Crippen LogP contribution in [0.1, 0.15) is 27.7 Å².